The Kier molecular flexibility index (Phi) is 3.26. The SMILES string of the molecule is Cc1c(F)ccc(-c2nc3n(c2-c2ccc4[nH]ncc4c2)CCC3)c1C. The molecule has 0 fully saturated rings. The first kappa shape index (κ1) is 15.3. The summed E-state index contributed by atoms with van der Waals surface area (Å²) >= 11 is 0. The van der Waals surface area contributed by atoms with Crippen LogP contribution in [-0.2, 0) is 13.0 Å². The quantitative estimate of drug-likeness (QED) is 0.567. The summed E-state index contributed by atoms with van der Waals surface area (Å²) in [6, 6.07) is 9.72. The van der Waals surface area contributed by atoms with Crippen LogP contribution in [0.15, 0.2) is 36.5 Å². The molecule has 0 saturated heterocycles. The second-order valence-electron chi connectivity index (χ2n) is 7.00. The van der Waals surface area contributed by atoms with Crippen LogP contribution in [0.1, 0.15) is 23.4 Å². The summed E-state index contributed by atoms with van der Waals surface area (Å²) in [5.74, 6) is 0.947. The number of hydrogen-bond acceptors (Lipinski definition) is 2. The van der Waals surface area contributed by atoms with Crippen molar-refractivity contribution in [1.29, 1.82) is 0 Å². The molecule has 5 heteroatoms. The Morgan fingerprint density at radius 1 is 1.12 bits per heavy atom. The molecule has 0 amide bonds. The fourth-order valence-electron chi connectivity index (χ4n) is 3.94. The molecule has 0 radical (unpaired) electrons. The van der Waals surface area contributed by atoms with E-state index in [2.05, 4.69) is 33.0 Å². The van der Waals surface area contributed by atoms with Gasteiger partial charge in [-0.05, 0) is 55.7 Å². The maximum atomic E-state index is 14.0. The number of fused-ring (bicyclic) bond motifs is 2. The fourth-order valence-corrected chi connectivity index (χ4v) is 3.94. The molecular weight excluding hydrogens is 327 g/mol. The van der Waals surface area contributed by atoms with Gasteiger partial charge in [-0.15, -0.1) is 0 Å². The van der Waals surface area contributed by atoms with E-state index in [1.54, 1.807) is 6.07 Å². The molecule has 0 aliphatic carbocycles. The molecule has 0 bridgehead atoms. The van der Waals surface area contributed by atoms with Gasteiger partial charge in [-0.25, -0.2) is 9.37 Å². The Morgan fingerprint density at radius 2 is 2.00 bits per heavy atom. The Bertz CT molecular complexity index is 1150. The van der Waals surface area contributed by atoms with Crippen LogP contribution in [0.2, 0.25) is 0 Å². The van der Waals surface area contributed by atoms with Gasteiger partial charge in [-0.3, -0.25) is 5.10 Å². The van der Waals surface area contributed by atoms with Crippen molar-refractivity contribution in [2.24, 2.45) is 0 Å². The van der Waals surface area contributed by atoms with Crippen LogP contribution < -0.4 is 0 Å². The molecule has 4 nitrogen and oxygen atoms in total. The van der Waals surface area contributed by atoms with Crippen molar-refractivity contribution in [3.05, 3.63) is 59.3 Å². The van der Waals surface area contributed by atoms with Crippen molar-refractivity contribution >= 4 is 10.9 Å². The number of rotatable bonds is 2. The molecule has 1 aliphatic rings. The lowest BCUT2D eigenvalue weighted by Crippen LogP contribution is -1.98. The van der Waals surface area contributed by atoms with Gasteiger partial charge in [0.2, 0.25) is 0 Å². The van der Waals surface area contributed by atoms with E-state index >= 15 is 0 Å². The van der Waals surface area contributed by atoms with Gasteiger partial charge in [0.05, 0.1) is 23.1 Å². The van der Waals surface area contributed by atoms with E-state index in [4.69, 9.17) is 4.98 Å². The van der Waals surface area contributed by atoms with Crippen LogP contribution in [-0.4, -0.2) is 19.7 Å². The van der Waals surface area contributed by atoms with Gasteiger partial charge >= 0.3 is 0 Å². The molecule has 3 heterocycles. The number of halogens is 1. The number of nitrogens with one attached hydrogen (secondary N) is 1. The van der Waals surface area contributed by atoms with Crippen molar-refractivity contribution in [3.8, 4) is 22.5 Å². The number of H-pyrrole nitrogens is 1. The zero-order chi connectivity index (χ0) is 17.8. The molecule has 2 aromatic carbocycles. The third-order valence-electron chi connectivity index (χ3n) is 5.52. The molecule has 0 unspecified atom stereocenters. The molecule has 1 N–H and O–H groups in total. The van der Waals surface area contributed by atoms with E-state index in [0.717, 1.165) is 64.2 Å². The van der Waals surface area contributed by atoms with Crippen LogP contribution in [0, 0.1) is 19.7 Å². The molecular formula is C21H19FN4. The molecule has 0 spiro atoms. The lowest BCUT2D eigenvalue weighted by molar-refractivity contribution is 0.617. The first-order valence-electron chi connectivity index (χ1n) is 8.92. The first-order chi connectivity index (χ1) is 12.6. The predicted octanol–water partition coefficient (Wildman–Crippen LogP) is 4.80. The van der Waals surface area contributed by atoms with Crippen LogP contribution in [0.4, 0.5) is 4.39 Å². The van der Waals surface area contributed by atoms with Crippen molar-refractivity contribution in [2.75, 3.05) is 0 Å². The number of aryl methyl sites for hydroxylation is 1. The summed E-state index contributed by atoms with van der Waals surface area (Å²) in [5, 5.41) is 8.20. The zero-order valence-electron chi connectivity index (χ0n) is 14.8. The van der Waals surface area contributed by atoms with Gasteiger partial charge < -0.3 is 4.57 Å². The Hall–Kier alpha value is -2.95. The van der Waals surface area contributed by atoms with Crippen LogP contribution in [0.3, 0.4) is 0 Å². The topological polar surface area (TPSA) is 46.5 Å². The minimum Gasteiger partial charge on any atom is -0.327 e. The Morgan fingerprint density at radius 3 is 2.88 bits per heavy atom. The normalized spacial score (nSPS) is 13.5. The van der Waals surface area contributed by atoms with E-state index < -0.39 is 0 Å². The molecule has 1 aliphatic heterocycles. The molecule has 26 heavy (non-hydrogen) atoms. The third-order valence-corrected chi connectivity index (χ3v) is 5.52. The monoisotopic (exact) mass is 346 g/mol. The highest BCUT2D eigenvalue weighted by Gasteiger charge is 2.24. The van der Waals surface area contributed by atoms with Gasteiger partial charge in [0.25, 0.3) is 0 Å². The second kappa shape index (κ2) is 5.53. The maximum absolute atomic E-state index is 14.0. The predicted molar refractivity (Wildman–Crippen MR) is 101 cm³/mol. The third kappa shape index (κ3) is 2.13. The van der Waals surface area contributed by atoms with Crippen LogP contribution in [0.5, 0.6) is 0 Å². The summed E-state index contributed by atoms with van der Waals surface area (Å²) in [4.78, 5) is 4.95. The van der Waals surface area contributed by atoms with E-state index in [1.165, 1.54) is 0 Å². The highest BCUT2D eigenvalue weighted by atomic mass is 19.1. The van der Waals surface area contributed by atoms with Gasteiger partial charge in [0.15, 0.2) is 0 Å². The highest BCUT2D eigenvalue weighted by molar-refractivity contribution is 5.88. The molecule has 130 valence electrons. The average Bonchev–Trinajstić information content (AvgIpc) is 3.34. The Balaban J connectivity index is 1.79. The van der Waals surface area contributed by atoms with Crippen molar-refractivity contribution in [2.45, 2.75) is 33.2 Å². The molecule has 2 aromatic heterocycles. The van der Waals surface area contributed by atoms with Crippen molar-refractivity contribution < 1.29 is 4.39 Å². The standard InChI is InChI=1S/C21H19FN4/c1-12-13(2)17(22)7-6-16(12)20-21(26-9-3-4-19(26)24-20)14-5-8-18-15(10-14)11-23-25-18/h5-8,10-11H,3-4,9H2,1-2H3,(H,23,25). The summed E-state index contributed by atoms with van der Waals surface area (Å²) in [7, 11) is 0. The zero-order valence-corrected chi connectivity index (χ0v) is 14.8. The minimum atomic E-state index is -0.167. The molecule has 0 atom stereocenters. The van der Waals surface area contributed by atoms with E-state index in [0.29, 0.717) is 5.56 Å². The maximum Gasteiger partial charge on any atom is 0.126 e. The minimum absolute atomic E-state index is 0.167. The number of benzene rings is 2. The molecule has 4 aromatic rings. The first-order valence-corrected chi connectivity index (χ1v) is 8.92. The lowest BCUT2D eigenvalue weighted by atomic mass is 9.97. The second-order valence-corrected chi connectivity index (χ2v) is 7.00. The molecule has 5 rings (SSSR count). The number of hydrogen-bond donors (Lipinski definition) is 1. The number of nitrogens with zero attached hydrogens (tertiary/aromatic N) is 3. The fraction of sp³-hybridized carbons (Fsp3) is 0.238. The number of imidazole rings is 1. The van der Waals surface area contributed by atoms with Gasteiger partial charge in [0.1, 0.15) is 11.6 Å². The van der Waals surface area contributed by atoms with Crippen LogP contribution >= 0.6 is 0 Å². The highest BCUT2D eigenvalue weighted by Crippen LogP contribution is 2.38. The van der Waals surface area contributed by atoms with Gasteiger partial charge in [0, 0.05) is 29.5 Å². The van der Waals surface area contributed by atoms with Gasteiger partial charge in [-0.2, -0.15) is 5.10 Å². The number of aromatic nitrogens is 4. The summed E-state index contributed by atoms with van der Waals surface area (Å²) in [5.41, 5.74) is 6.85. The number of aromatic amines is 1. The Labute approximate surface area is 150 Å². The summed E-state index contributed by atoms with van der Waals surface area (Å²) in [6.45, 7) is 4.77. The lowest BCUT2D eigenvalue weighted by Gasteiger charge is -2.12. The largest absolute Gasteiger partial charge is 0.327 e. The molecule has 0 saturated carbocycles. The van der Waals surface area contributed by atoms with Crippen molar-refractivity contribution in [3.63, 3.8) is 0 Å². The van der Waals surface area contributed by atoms with Crippen molar-refractivity contribution in [1.82, 2.24) is 19.7 Å². The van der Waals surface area contributed by atoms with E-state index in [1.807, 2.05) is 26.1 Å². The van der Waals surface area contributed by atoms with E-state index in [-0.39, 0.29) is 5.82 Å². The van der Waals surface area contributed by atoms with Crippen LogP contribution in [0.25, 0.3) is 33.4 Å². The van der Waals surface area contributed by atoms with Gasteiger partial charge in [-0.1, -0.05) is 6.07 Å². The smallest absolute Gasteiger partial charge is 0.126 e. The van der Waals surface area contributed by atoms with E-state index in [9.17, 15) is 4.39 Å². The average molecular weight is 346 g/mol. The summed E-state index contributed by atoms with van der Waals surface area (Å²) in [6.07, 6.45) is 3.94. The summed E-state index contributed by atoms with van der Waals surface area (Å²) < 4.78 is 16.3.